The number of nitrogens with two attached hydrogens (primary N) is 1. The smallest absolute Gasteiger partial charge is 0.335 e. The summed E-state index contributed by atoms with van der Waals surface area (Å²) in [6, 6.07) is 36.3. The van der Waals surface area contributed by atoms with Gasteiger partial charge in [0.25, 0.3) is 11.1 Å². The van der Waals surface area contributed by atoms with Crippen LogP contribution in [0.2, 0.25) is 10.0 Å². The molecule has 7 N–H and O–H groups in total. The third kappa shape index (κ3) is 13.8. The van der Waals surface area contributed by atoms with Crippen molar-refractivity contribution in [3.05, 3.63) is 177 Å². The summed E-state index contributed by atoms with van der Waals surface area (Å²) in [5.41, 5.74) is 7.97. The molecule has 0 aromatic heterocycles. The Labute approximate surface area is 348 Å². The molecule has 0 saturated carbocycles. The van der Waals surface area contributed by atoms with Crippen LogP contribution in [-0.4, -0.2) is 43.5 Å². The highest BCUT2D eigenvalue weighted by Crippen LogP contribution is 2.28. The second kappa shape index (κ2) is 22.1. The summed E-state index contributed by atoms with van der Waals surface area (Å²) >= 11 is 17.5. The highest BCUT2D eigenvalue weighted by atomic mass is 35.5. The molecular formula is C43H37Cl3N2O10. The minimum Gasteiger partial charge on any atom is -0.506 e. The molecule has 0 bridgehead atoms. The average molecular weight is 848 g/mol. The molecule has 6 aromatic rings. The molecule has 0 aliphatic rings. The normalized spacial score (nSPS) is 9.91. The van der Waals surface area contributed by atoms with Gasteiger partial charge in [0.2, 0.25) is 0 Å². The van der Waals surface area contributed by atoms with Crippen molar-refractivity contribution in [1.82, 2.24) is 0 Å². The molecule has 0 aliphatic heterocycles. The zero-order chi connectivity index (χ0) is 41.5. The van der Waals surface area contributed by atoms with Crippen LogP contribution in [0.4, 0.5) is 11.4 Å². The Balaban J connectivity index is 0.000000256. The van der Waals surface area contributed by atoms with Crippen LogP contribution in [0.15, 0.2) is 133 Å². The third-order valence-electron chi connectivity index (χ3n) is 7.60. The summed E-state index contributed by atoms with van der Waals surface area (Å²) in [4.78, 5) is 44.6. The molecule has 0 radical (unpaired) electrons. The summed E-state index contributed by atoms with van der Waals surface area (Å²) in [7, 11) is 0. The maximum absolute atomic E-state index is 12.4. The van der Waals surface area contributed by atoms with Crippen molar-refractivity contribution < 1.29 is 49.1 Å². The molecule has 0 heterocycles. The number of amides is 1. The molecule has 6 aromatic carbocycles. The summed E-state index contributed by atoms with van der Waals surface area (Å²) in [6.07, 6.45) is 0. The first-order valence-electron chi connectivity index (χ1n) is 16.5. The Kier molecular flexibility index (Phi) is 17.4. The topological polar surface area (TPSA) is 206 Å². The van der Waals surface area contributed by atoms with Gasteiger partial charge in [-0.3, -0.25) is 9.59 Å². The molecule has 1 amide bonds. The first-order chi connectivity index (χ1) is 27.2. The minimum absolute atomic E-state index is 0. The molecule has 58 heavy (non-hydrogen) atoms. The summed E-state index contributed by atoms with van der Waals surface area (Å²) in [5, 5.41) is 38.6. The van der Waals surface area contributed by atoms with Crippen LogP contribution >= 0.6 is 34.8 Å². The zero-order valence-corrected chi connectivity index (χ0v) is 31.8. The monoisotopic (exact) mass is 846 g/mol. The van der Waals surface area contributed by atoms with Crippen molar-refractivity contribution in [2.45, 2.75) is 20.6 Å². The first-order valence-corrected chi connectivity index (χ1v) is 17.7. The summed E-state index contributed by atoms with van der Waals surface area (Å²) in [5.74, 6) is -2.25. The van der Waals surface area contributed by atoms with E-state index in [1.54, 1.807) is 24.3 Å². The molecule has 0 spiro atoms. The number of aromatic hydroxyl groups is 2. The predicted octanol–water partition coefficient (Wildman–Crippen LogP) is 10.2. The zero-order valence-electron chi connectivity index (χ0n) is 29.6. The van der Waals surface area contributed by atoms with Gasteiger partial charge in [0.1, 0.15) is 36.2 Å². The van der Waals surface area contributed by atoms with E-state index in [2.05, 4.69) is 5.32 Å². The van der Waals surface area contributed by atoms with Gasteiger partial charge >= 0.3 is 11.9 Å². The standard InChI is InChI=1S/C21H16ClNO5.C14H10Cl2O2.C7H7NO3.CH4/c22-17-11-15(28-12-13-4-2-1-3-5-13)7-8-16(17)20(25)23-18-9-6-14(21(26)27)10-19(18)24;15-13-8-11(6-7-12(13)14(16)17)18-9-10-4-2-1-3-5-10;8-5-2-1-4(7(10)11)3-6(5)9;/h1-11,24H,12H2,(H,23,25)(H,26,27);1-8H,9H2;1-3,9H,8H2,(H,10,11);1H4. The Hall–Kier alpha value is -6.73. The molecule has 6 rings (SSSR count). The second-order valence-corrected chi connectivity index (χ2v) is 12.8. The molecule has 0 aliphatic carbocycles. The fraction of sp³-hybridized carbons (Fsp3) is 0.0698. The first kappa shape index (κ1) is 45.7. The number of nitrogens with one attached hydrogen (secondary N) is 1. The number of nitrogen functional groups attached to an aromatic ring is 1. The number of phenols is 2. The number of rotatable bonds is 11. The van der Waals surface area contributed by atoms with Gasteiger partial charge < -0.3 is 41.0 Å². The van der Waals surface area contributed by atoms with Crippen LogP contribution in [0.5, 0.6) is 23.0 Å². The highest BCUT2D eigenvalue weighted by molar-refractivity contribution is 6.68. The lowest BCUT2D eigenvalue weighted by molar-refractivity contribution is 0.0686. The van der Waals surface area contributed by atoms with Gasteiger partial charge in [-0.15, -0.1) is 0 Å². The van der Waals surface area contributed by atoms with Crippen LogP contribution in [0, 0.1) is 0 Å². The van der Waals surface area contributed by atoms with Gasteiger partial charge in [-0.05, 0) is 95.5 Å². The number of hydrogen-bond donors (Lipinski definition) is 6. The third-order valence-corrected chi connectivity index (χ3v) is 8.43. The maximum Gasteiger partial charge on any atom is 0.335 e. The lowest BCUT2D eigenvalue weighted by Crippen LogP contribution is -2.13. The lowest BCUT2D eigenvalue weighted by atomic mass is 10.1. The Bertz CT molecular complexity index is 2360. The van der Waals surface area contributed by atoms with E-state index >= 15 is 0 Å². The van der Waals surface area contributed by atoms with Gasteiger partial charge in [-0.25, -0.2) is 9.59 Å². The van der Waals surface area contributed by atoms with Gasteiger partial charge in [-0.1, -0.05) is 91.3 Å². The van der Waals surface area contributed by atoms with Crippen molar-refractivity contribution in [2.24, 2.45) is 0 Å². The maximum atomic E-state index is 12.4. The number of halogens is 3. The van der Waals surface area contributed by atoms with Crippen molar-refractivity contribution in [2.75, 3.05) is 11.1 Å². The number of hydrogen-bond acceptors (Lipinski definition) is 9. The molecule has 0 fully saturated rings. The average Bonchev–Trinajstić information content (AvgIpc) is 3.19. The quantitative estimate of drug-likeness (QED) is 0.0411. The predicted molar refractivity (Wildman–Crippen MR) is 224 cm³/mol. The summed E-state index contributed by atoms with van der Waals surface area (Å²) in [6.45, 7) is 0.817. The van der Waals surface area contributed by atoms with E-state index in [-0.39, 0.29) is 57.6 Å². The van der Waals surface area contributed by atoms with Crippen molar-refractivity contribution >= 4 is 69.3 Å². The van der Waals surface area contributed by atoms with Crippen LogP contribution in [0.1, 0.15) is 60.0 Å². The Morgan fingerprint density at radius 2 is 1.03 bits per heavy atom. The molecule has 15 heteroatoms. The van der Waals surface area contributed by atoms with Crippen LogP contribution in [-0.2, 0) is 13.2 Å². The van der Waals surface area contributed by atoms with Gasteiger partial charge in [0, 0.05) is 0 Å². The number of ether oxygens (including phenoxy) is 2. The largest absolute Gasteiger partial charge is 0.506 e. The molecule has 12 nitrogen and oxygen atoms in total. The lowest BCUT2D eigenvalue weighted by Gasteiger charge is -2.11. The van der Waals surface area contributed by atoms with Crippen LogP contribution in [0.3, 0.4) is 0 Å². The SMILES string of the molecule is C.Nc1ccc(C(=O)O)cc1O.O=C(Cl)c1ccc(OCc2ccccc2)cc1Cl.O=C(O)c1ccc(NC(=O)c2ccc(OCc3ccccc3)cc2Cl)c(O)c1. The number of aromatic carboxylic acids is 2. The molecule has 300 valence electrons. The number of carboxylic acid groups (broad SMARTS) is 2. The van der Waals surface area contributed by atoms with E-state index in [4.69, 9.17) is 65.3 Å². The fourth-order valence-electron chi connectivity index (χ4n) is 4.63. The van der Waals surface area contributed by atoms with Crippen molar-refractivity contribution in [3.63, 3.8) is 0 Å². The number of anilines is 2. The van der Waals surface area contributed by atoms with Gasteiger partial charge in [-0.2, -0.15) is 0 Å². The molecule has 0 atom stereocenters. The van der Waals surface area contributed by atoms with E-state index in [1.165, 1.54) is 36.4 Å². The van der Waals surface area contributed by atoms with Crippen LogP contribution < -0.4 is 20.5 Å². The Morgan fingerprint density at radius 1 is 0.586 bits per heavy atom. The van der Waals surface area contributed by atoms with Crippen molar-refractivity contribution in [3.8, 4) is 23.0 Å². The van der Waals surface area contributed by atoms with E-state index < -0.39 is 23.1 Å². The second-order valence-electron chi connectivity index (χ2n) is 11.7. The van der Waals surface area contributed by atoms with E-state index in [9.17, 15) is 24.3 Å². The highest BCUT2D eigenvalue weighted by Gasteiger charge is 2.15. The number of carbonyl (C=O) groups excluding carboxylic acids is 2. The van der Waals surface area contributed by atoms with Crippen LogP contribution in [0.25, 0.3) is 0 Å². The number of carboxylic acids is 2. The molecular weight excluding hydrogens is 811 g/mol. The van der Waals surface area contributed by atoms with Gasteiger partial charge in [0.05, 0.1) is 43.7 Å². The minimum atomic E-state index is -1.18. The van der Waals surface area contributed by atoms with E-state index in [0.29, 0.717) is 29.7 Å². The number of carbonyl (C=O) groups is 4. The molecule has 0 saturated heterocycles. The van der Waals surface area contributed by atoms with Gasteiger partial charge in [0.15, 0.2) is 0 Å². The van der Waals surface area contributed by atoms with Crippen molar-refractivity contribution in [1.29, 1.82) is 0 Å². The fourth-order valence-corrected chi connectivity index (χ4v) is 5.36. The van der Waals surface area contributed by atoms with E-state index in [1.807, 2.05) is 60.7 Å². The van der Waals surface area contributed by atoms with E-state index in [0.717, 1.165) is 23.3 Å². The number of benzene rings is 6. The number of phenolic OH excluding ortho intramolecular Hbond substituents is 2. The summed E-state index contributed by atoms with van der Waals surface area (Å²) < 4.78 is 11.2. The molecule has 0 unspecified atom stereocenters. The Morgan fingerprint density at radius 3 is 1.45 bits per heavy atom.